The van der Waals surface area contributed by atoms with Gasteiger partial charge in [-0.2, -0.15) is 0 Å². The third kappa shape index (κ3) is 53.2. The quantitative estimate of drug-likeness (QED) is 0.109. The molecule has 0 heterocycles. The van der Waals surface area contributed by atoms with Gasteiger partial charge >= 0.3 is 17.9 Å². The third-order valence-corrected chi connectivity index (χ3v) is 5.23. The fraction of sp³-hybridized carbons (Fsp3) is 0.889. The van der Waals surface area contributed by atoms with Gasteiger partial charge in [0, 0.05) is 57.9 Å². The molecule has 0 bridgehead atoms. The standard InChI is InChI=1S/3C9H18O2.Tb/c3*1-2-3-4-5-6-7-8-9(10)11;/h3*2-8H2,1H3,(H,10,11);. The zero-order chi connectivity index (χ0) is 25.6. The van der Waals surface area contributed by atoms with E-state index in [-0.39, 0.29) is 38.6 Å². The normalized spacial score (nSPS) is 9.62. The average Bonchev–Trinajstić information content (AvgIpc) is 2.76. The van der Waals surface area contributed by atoms with Crippen LogP contribution in [-0.4, -0.2) is 33.2 Å². The van der Waals surface area contributed by atoms with Gasteiger partial charge in [0.2, 0.25) is 0 Å². The summed E-state index contributed by atoms with van der Waals surface area (Å²) in [6.45, 7) is 6.53. The van der Waals surface area contributed by atoms with Crippen molar-refractivity contribution in [2.24, 2.45) is 0 Å². The fourth-order valence-electron chi connectivity index (χ4n) is 3.17. The summed E-state index contributed by atoms with van der Waals surface area (Å²) in [4.78, 5) is 30.3. The van der Waals surface area contributed by atoms with E-state index in [1.165, 1.54) is 77.0 Å². The van der Waals surface area contributed by atoms with Gasteiger partial charge in [-0.15, -0.1) is 0 Å². The SMILES string of the molecule is CCCCCCCCC(=O)O.CCCCCCCCC(=O)O.CCCCCCCCC(=O)O.[Tb]. The van der Waals surface area contributed by atoms with E-state index in [0.717, 1.165) is 38.5 Å². The predicted molar refractivity (Wildman–Crippen MR) is 137 cm³/mol. The number of hydrogen-bond acceptors (Lipinski definition) is 3. The van der Waals surface area contributed by atoms with Crippen LogP contribution < -0.4 is 0 Å². The minimum atomic E-state index is -0.666. The molecule has 0 atom stereocenters. The largest absolute Gasteiger partial charge is 0.481 e. The Morgan fingerprint density at radius 2 is 0.559 bits per heavy atom. The number of carboxylic acids is 3. The number of rotatable bonds is 21. The molecule has 0 spiro atoms. The van der Waals surface area contributed by atoms with Crippen LogP contribution in [0.3, 0.4) is 0 Å². The Morgan fingerprint density at radius 1 is 0.382 bits per heavy atom. The van der Waals surface area contributed by atoms with Crippen molar-refractivity contribution in [1.29, 1.82) is 0 Å². The second kappa shape index (κ2) is 37.2. The Balaban J connectivity index is -0.000000196. The Hall–Kier alpha value is -0.304. The molecule has 0 unspecified atom stereocenters. The van der Waals surface area contributed by atoms with Gasteiger partial charge in [0.05, 0.1) is 0 Å². The molecule has 0 aromatic carbocycles. The first kappa shape index (κ1) is 40.8. The summed E-state index contributed by atoms with van der Waals surface area (Å²) in [5.74, 6) is -2.00. The molecule has 0 aliphatic rings. The molecule has 0 fully saturated rings. The molecule has 0 rings (SSSR count). The van der Waals surface area contributed by atoms with E-state index in [1.54, 1.807) is 0 Å². The van der Waals surface area contributed by atoms with Crippen LogP contribution in [0.2, 0.25) is 0 Å². The zero-order valence-electron chi connectivity index (χ0n) is 22.2. The molecule has 7 heteroatoms. The number of unbranched alkanes of at least 4 members (excludes halogenated alkanes) is 15. The summed E-state index contributed by atoms with van der Waals surface area (Å²) < 4.78 is 0. The Morgan fingerprint density at radius 3 is 0.735 bits per heavy atom. The molecule has 0 saturated carbocycles. The molecule has 0 aromatic rings. The first-order valence-corrected chi connectivity index (χ1v) is 13.5. The van der Waals surface area contributed by atoms with Gasteiger partial charge in [0.1, 0.15) is 0 Å². The van der Waals surface area contributed by atoms with Crippen molar-refractivity contribution in [1.82, 2.24) is 0 Å². The Bertz CT molecular complexity index is 368. The smallest absolute Gasteiger partial charge is 0.303 e. The number of carboxylic acid groups (broad SMARTS) is 3. The van der Waals surface area contributed by atoms with E-state index in [9.17, 15) is 14.4 Å². The predicted octanol–water partition coefficient (Wildman–Crippen LogP) is 8.46. The monoisotopic (exact) mass is 633 g/mol. The summed E-state index contributed by atoms with van der Waals surface area (Å²) in [6.07, 6.45) is 21.8. The summed E-state index contributed by atoms with van der Waals surface area (Å²) in [7, 11) is 0. The van der Waals surface area contributed by atoms with Gasteiger partial charge in [-0.1, -0.05) is 117 Å². The fourth-order valence-corrected chi connectivity index (χ4v) is 3.17. The molecule has 0 aliphatic carbocycles. The number of hydrogen-bond donors (Lipinski definition) is 3. The van der Waals surface area contributed by atoms with Crippen LogP contribution in [0.5, 0.6) is 0 Å². The van der Waals surface area contributed by atoms with Crippen LogP contribution in [-0.2, 0) is 14.4 Å². The summed E-state index contributed by atoms with van der Waals surface area (Å²) in [5, 5.41) is 24.9. The maximum atomic E-state index is 10.1. The van der Waals surface area contributed by atoms with Crippen molar-refractivity contribution >= 4 is 17.9 Å². The molecule has 0 saturated heterocycles. The van der Waals surface area contributed by atoms with Crippen molar-refractivity contribution in [2.75, 3.05) is 0 Å². The third-order valence-electron chi connectivity index (χ3n) is 5.23. The van der Waals surface area contributed by atoms with Crippen LogP contribution in [0.4, 0.5) is 0 Å². The van der Waals surface area contributed by atoms with Crippen molar-refractivity contribution in [3.8, 4) is 0 Å². The van der Waals surface area contributed by atoms with E-state index in [2.05, 4.69) is 20.8 Å². The number of carbonyl (C=O) groups is 3. The van der Waals surface area contributed by atoms with E-state index in [4.69, 9.17) is 15.3 Å². The Kier molecular flexibility index (Phi) is 44.8. The summed E-state index contributed by atoms with van der Waals surface area (Å²) in [6, 6.07) is 0. The van der Waals surface area contributed by atoms with Gasteiger partial charge in [-0.25, -0.2) is 0 Å². The molecule has 0 aromatic heterocycles. The number of aliphatic carboxylic acids is 3. The van der Waals surface area contributed by atoms with Crippen molar-refractivity contribution < 1.29 is 68.3 Å². The second-order valence-corrected chi connectivity index (χ2v) is 8.73. The molecule has 0 amide bonds. The van der Waals surface area contributed by atoms with E-state index in [0.29, 0.717) is 19.3 Å². The average molecular weight is 634 g/mol. The molecule has 3 N–H and O–H groups in total. The van der Waals surface area contributed by atoms with Crippen molar-refractivity contribution in [3.63, 3.8) is 0 Å². The van der Waals surface area contributed by atoms with Gasteiger partial charge in [0.15, 0.2) is 0 Å². The molecule has 0 aliphatic heterocycles. The van der Waals surface area contributed by atoms with Crippen LogP contribution in [0.15, 0.2) is 0 Å². The maximum absolute atomic E-state index is 10.1. The van der Waals surface area contributed by atoms with Crippen LogP contribution in [0.1, 0.15) is 156 Å². The topological polar surface area (TPSA) is 112 Å². The molecule has 6 nitrogen and oxygen atoms in total. The first-order valence-electron chi connectivity index (χ1n) is 13.5. The van der Waals surface area contributed by atoms with E-state index >= 15 is 0 Å². The van der Waals surface area contributed by atoms with Gasteiger partial charge < -0.3 is 15.3 Å². The van der Waals surface area contributed by atoms with Gasteiger partial charge in [-0.05, 0) is 19.3 Å². The summed E-state index contributed by atoms with van der Waals surface area (Å²) in [5.41, 5.74) is 0. The second-order valence-electron chi connectivity index (χ2n) is 8.73. The minimum Gasteiger partial charge on any atom is -0.481 e. The molecule has 1 radical (unpaired) electrons. The van der Waals surface area contributed by atoms with E-state index < -0.39 is 17.9 Å². The summed E-state index contributed by atoms with van der Waals surface area (Å²) >= 11 is 0. The Labute approximate surface area is 240 Å². The molecule has 207 valence electrons. The van der Waals surface area contributed by atoms with Crippen LogP contribution >= 0.6 is 0 Å². The van der Waals surface area contributed by atoms with Gasteiger partial charge in [0.25, 0.3) is 0 Å². The first-order chi connectivity index (χ1) is 15.8. The van der Waals surface area contributed by atoms with Crippen LogP contribution in [0, 0.1) is 38.6 Å². The molecule has 34 heavy (non-hydrogen) atoms. The van der Waals surface area contributed by atoms with E-state index in [1.807, 2.05) is 0 Å². The zero-order valence-corrected chi connectivity index (χ0v) is 24.4. The van der Waals surface area contributed by atoms with Crippen LogP contribution in [0.25, 0.3) is 0 Å². The van der Waals surface area contributed by atoms with Crippen molar-refractivity contribution in [3.05, 3.63) is 0 Å². The molecular formula is C27H54O6Tb. The van der Waals surface area contributed by atoms with Gasteiger partial charge in [-0.3, -0.25) is 14.4 Å². The van der Waals surface area contributed by atoms with Crippen molar-refractivity contribution in [2.45, 2.75) is 156 Å². The maximum Gasteiger partial charge on any atom is 0.303 e. The minimum absolute atomic E-state index is 0. The molecular weight excluding hydrogens is 579 g/mol.